The molecule has 0 aliphatic carbocycles. The van der Waals surface area contributed by atoms with Crippen molar-refractivity contribution >= 4 is 29.2 Å². The van der Waals surface area contributed by atoms with Gasteiger partial charge in [-0.05, 0) is 63.1 Å². The highest BCUT2D eigenvalue weighted by atomic mass is 16.2. The van der Waals surface area contributed by atoms with E-state index in [2.05, 4.69) is 29.0 Å². The number of aromatic nitrogens is 1. The molecule has 0 spiro atoms. The van der Waals surface area contributed by atoms with Crippen LogP contribution in [0.1, 0.15) is 47.4 Å². The molecule has 2 saturated heterocycles. The summed E-state index contributed by atoms with van der Waals surface area (Å²) in [7, 11) is 3.54. The van der Waals surface area contributed by atoms with Crippen molar-refractivity contribution < 1.29 is 14.4 Å². The summed E-state index contributed by atoms with van der Waals surface area (Å²) in [5, 5.41) is 3.45. The van der Waals surface area contributed by atoms with Crippen molar-refractivity contribution in [2.24, 2.45) is 5.92 Å². The van der Waals surface area contributed by atoms with Crippen LogP contribution in [0.25, 0.3) is 0 Å². The molecule has 0 unspecified atom stereocenters. The van der Waals surface area contributed by atoms with Crippen molar-refractivity contribution in [1.29, 1.82) is 0 Å². The molecular formula is C28H38N6O3. The Bertz CT molecular complexity index is 1100. The Balaban J connectivity index is 1.31. The number of piperidine rings is 1. The summed E-state index contributed by atoms with van der Waals surface area (Å²) in [6.07, 6.45) is 3.16. The van der Waals surface area contributed by atoms with Crippen LogP contribution in [0.3, 0.4) is 0 Å². The van der Waals surface area contributed by atoms with Gasteiger partial charge < -0.3 is 24.9 Å². The van der Waals surface area contributed by atoms with Crippen molar-refractivity contribution in [2.45, 2.75) is 32.7 Å². The number of piperazine rings is 1. The molecule has 9 heteroatoms. The maximum Gasteiger partial charge on any atom is 0.253 e. The third-order valence-electron chi connectivity index (χ3n) is 7.05. The Morgan fingerprint density at radius 3 is 1.92 bits per heavy atom. The summed E-state index contributed by atoms with van der Waals surface area (Å²) in [6, 6.07) is 11.2. The lowest BCUT2D eigenvalue weighted by molar-refractivity contribution is -0.134. The van der Waals surface area contributed by atoms with E-state index in [4.69, 9.17) is 0 Å². The quantitative estimate of drug-likeness (QED) is 0.648. The van der Waals surface area contributed by atoms with Crippen LogP contribution < -0.4 is 10.2 Å². The molecule has 198 valence electrons. The standard InChI is InChI=1S/C28H38N6O3/c1-20(2)30-24-6-5-13-29-25(24)32-16-18-34(19-17-32)28(37)22-9-7-21(8-10-22)27(36)33-14-11-23(12-15-33)26(35)31(3)4/h5-10,13,20,23,30H,11-12,14-19H2,1-4H3. The zero-order valence-corrected chi connectivity index (χ0v) is 22.3. The van der Waals surface area contributed by atoms with Crippen LogP contribution in [0.2, 0.25) is 0 Å². The monoisotopic (exact) mass is 506 g/mol. The van der Waals surface area contributed by atoms with Crippen molar-refractivity contribution in [3.63, 3.8) is 0 Å². The number of amides is 3. The largest absolute Gasteiger partial charge is 0.380 e. The van der Waals surface area contributed by atoms with Gasteiger partial charge in [-0.25, -0.2) is 4.98 Å². The van der Waals surface area contributed by atoms with E-state index in [1.54, 1.807) is 54.4 Å². The predicted octanol–water partition coefficient (Wildman–Crippen LogP) is 2.80. The summed E-state index contributed by atoms with van der Waals surface area (Å²) in [4.78, 5) is 50.4. The SMILES string of the molecule is CC(C)Nc1cccnc1N1CCN(C(=O)c2ccc(C(=O)N3CCC(C(=O)N(C)C)CC3)cc2)CC1. The minimum atomic E-state index is -0.0514. The van der Waals surface area contributed by atoms with Gasteiger partial charge in [-0.2, -0.15) is 0 Å². The van der Waals surface area contributed by atoms with Crippen LogP contribution in [0.15, 0.2) is 42.6 Å². The molecule has 0 bridgehead atoms. The van der Waals surface area contributed by atoms with Gasteiger partial charge in [0.25, 0.3) is 11.8 Å². The van der Waals surface area contributed by atoms with Gasteiger partial charge in [0.1, 0.15) is 0 Å². The van der Waals surface area contributed by atoms with Gasteiger partial charge in [0.2, 0.25) is 5.91 Å². The number of hydrogen-bond donors (Lipinski definition) is 1. The average Bonchev–Trinajstić information content (AvgIpc) is 2.92. The second kappa shape index (κ2) is 11.6. The van der Waals surface area contributed by atoms with Crippen molar-refractivity contribution in [2.75, 3.05) is 63.6 Å². The molecule has 37 heavy (non-hydrogen) atoms. The van der Waals surface area contributed by atoms with E-state index >= 15 is 0 Å². The fourth-order valence-corrected chi connectivity index (χ4v) is 5.01. The molecule has 9 nitrogen and oxygen atoms in total. The molecule has 0 radical (unpaired) electrons. The molecule has 0 saturated carbocycles. The van der Waals surface area contributed by atoms with E-state index in [1.807, 2.05) is 17.0 Å². The molecule has 2 aliphatic rings. The van der Waals surface area contributed by atoms with Gasteiger partial charge >= 0.3 is 0 Å². The number of carbonyl (C=O) groups is 3. The number of carbonyl (C=O) groups excluding carboxylic acids is 3. The van der Waals surface area contributed by atoms with E-state index in [0.717, 1.165) is 11.5 Å². The number of nitrogens with zero attached hydrogens (tertiary/aromatic N) is 5. The Hall–Kier alpha value is -3.62. The van der Waals surface area contributed by atoms with E-state index < -0.39 is 0 Å². The number of likely N-dealkylation sites (tertiary alicyclic amines) is 1. The van der Waals surface area contributed by atoms with Gasteiger partial charge in [-0.1, -0.05) is 0 Å². The smallest absolute Gasteiger partial charge is 0.253 e. The third kappa shape index (κ3) is 6.21. The normalized spacial score (nSPS) is 16.6. The first-order valence-corrected chi connectivity index (χ1v) is 13.1. The van der Waals surface area contributed by atoms with E-state index in [-0.39, 0.29) is 23.6 Å². The summed E-state index contributed by atoms with van der Waals surface area (Å²) < 4.78 is 0. The Morgan fingerprint density at radius 2 is 1.41 bits per heavy atom. The Labute approximate surface area is 219 Å². The van der Waals surface area contributed by atoms with Crippen molar-refractivity contribution in [3.05, 3.63) is 53.7 Å². The zero-order chi connectivity index (χ0) is 26.5. The molecule has 4 rings (SSSR count). The molecule has 1 aromatic carbocycles. The average molecular weight is 507 g/mol. The highest BCUT2D eigenvalue weighted by Gasteiger charge is 2.29. The molecule has 3 amide bonds. The summed E-state index contributed by atoms with van der Waals surface area (Å²) in [5.74, 6) is 0.952. The van der Waals surface area contributed by atoms with Gasteiger partial charge in [0, 0.05) is 82.6 Å². The number of hydrogen-bond acceptors (Lipinski definition) is 6. The molecule has 0 atom stereocenters. The van der Waals surface area contributed by atoms with Gasteiger partial charge in [0.15, 0.2) is 5.82 Å². The highest BCUT2D eigenvalue weighted by molar-refractivity contribution is 5.98. The lowest BCUT2D eigenvalue weighted by atomic mass is 9.95. The number of pyridine rings is 1. The van der Waals surface area contributed by atoms with Crippen LogP contribution in [0, 0.1) is 5.92 Å². The van der Waals surface area contributed by atoms with E-state index in [1.165, 1.54) is 0 Å². The highest BCUT2D eigenvalue weighted by Crippen LogP contribution is 2.25. The fraction of sp³-hybridized carbons (Fsp3) is 0.500. The molecule has 1 N–H and O–H groups in total. The van der Waals surface area contributed by atoms with Crippen LogP contribution >= 0.6 is 0 Å². The molecule has 2 aromatic rings. The minimum Gasteiger partial charge on any atom is -0.380 e. The second-order valence-electron chi connectivity index (χ2n) is 10.3. The fourth-order valence-electron chi connectivity index (χ4n) is 5.01. The third-order valence-corrected chi connectivity index (χ3v) is 7.05. The van der Waals surface area contributed by atoms with E-state index in [9.17, 15) is 14.4 Å². The number of benzene rings is 1. The maximum atomic E-state index is 13.1. The van der Waals surface area contributed by atoms with Crippen LogP contribution in [-0.2, 0) is 4.79 Å². The van der Waals surface area contributed by atoms with Crippen molar-refractivity contribution in [3.8, 4) is 0 Å². The van der Waals surface area contributed by atoms with Crippen LogP contribution in [0.5, 0.6) is 0 Å². The summed E-state index contributed by atoms with van der Waals surface area (Å²) in [5.41, 5.74) is 2.16. The second-order valence-corrected chi connectivity index (χ2v) is 10.3. The molecule has 2 fully saturated rings. The van der Waals surface area contributed by atoms with Crippen LogP contribution in [-0.4, -0.2) is 96.8 Å². The molecule has 2 aliphatic heterocycles. The molecular weight excluding hydrogens is 468 g/mol. The predicted molar refractivity (Wildman–Crippen MR) is 145 cm³/mol. The lowest BCUT2D eigenvalue weighted by Gasteiger charge is -2.36. The first-order chi connectivity index (χ1) is 17.7. The Morgan fingerprint density at radius 1 is 0.865 bits per heavy atom. The number of rotatable bonds is 6. The Kier molecular flexibility index (Phi) is 8.31. The van der Waals surface area contributed by atoms with Gasteiger partial charge in [0.05, 0.1) is 5.69 Å². The first-order valence-electron chi connectivity index (χ1n) is 13.1. The topological polar surface area (TPSA) is 89.1 Å². The van der Waals surface area contributed by atoms with Crippen molar-refractivity contribution in [1.82, 2.24) is 19.7 Å². The summed E-state index contributed by atoms with van der Waals surface area (Å²) >= 11 is 0. The van der Waals surface area contributed by atoms with Gasteiger partial charge in [-0.15, -0.1) is 0 Å². The molecule has 3 heterocycles. The van der Waals surface area contributed by atoms with E-state index in [0.29, 0.717) is 69.3 Å². The van der Waals surface area contributed by atoms with Crippen LogP contribution in [0.4, 0.5) is 11.5 Å². The first kappa shape index (κ1) is 26.4. The van der Waals surface area contributed by atoms with Gasteiger partial charge in [-0.3, -0.25) is 14.4 Å². The maximum absolute atomic E-state index is 13.1. The number of anilines is 2. The minimum absolute atomic E-state index is 0.0183. The summed E-state index contributed by atoms with van der Waals surface area (Å²) in [6.45, 7) is 7.97. The number of nitrogens with one attached hydrogen (secondary N) is 1. The zero-order valence-electron chi connectivity index (χ0n) is 22.3. The lowest BCUT2D eigenvalue weighted by Crippen LogP contribution is -2.49. The molecule has 1 aromatic heterocycles.